The van der Waals surface area contributed by atoms with E-state index in [0.29, 0.717) is 43.2 Å². The first-order chi connectivity index (χ1) is 12.8. The van der Waals surface area contributed by atoms with Gasteiger partial charge < -0.3 is 20.6 Å². The third-order valence-corrected chi connectivity index (χ3v) is 4.69. The maximum atomic E-state index is 12.4. The number of nitrogens with one attached hydrogen (secondary N) is 2. The minimum absolute atomic E-state index is 0.0709. The summed E-state index contributed by atoms with van der Waals surface area (Å²) in [5.74, 6) is -0.679. The van der Waals surface area contributed by atoms with Gasteiger partial charge in [-0.3, -0.25) is 4.79 Å². The molecule has 3 amide bonds. The molecule has 1 unspecified atom stereocenters. The number of anilines is 1. The van der Waals surface area contributed by atoms with E-state index >= 15 is 0 Å². The highest BCUT2D eigenvalue weighted by Crippen LogP contribution is 2.21. The lowest BCUT2D eigenvalue weighted by Gasteiger charge is -2.32. The number of aryl methyl sites for hydroxylation is 1. The zero-order valence-electron chi connectivity index (χ0n) is 16.2. The molecule has 1 atom stereocenters. The third kappa shape index (κ3) is 6.27. The zero-order valence-corrected chi connectivity index (χ0v) is 16.2. The maximum Gasteiger partial charge on any atom is 0.336 e. The Kier molecular flexibility index (Phi) is 7.21. The topological polar surface area (TPSA) is 98.7 Å². The highest BCUT2D eigenvalue weighted by Gasteiger charge is 2.25. The number of benzene rings is 1. The summed E-state index contributed by atoms with van der Waals surface area (Å²) in [4.78, 5) is 37.6. The zero-order chi connectivity index (χ0) is 20.0. The number of hydrogen-bond acceptors (Lipinski definition) is 3. The van der Waals surface area contributed by atoms with E-state index in [1.807, 2.05) is 13.8 Å². The van der Waals surface area contributed by atoms with Crippen molar-refractivity contribution in [2.75, 3.05) is 25.0 Å². The van der Waals surface area contributed by atoms with Crippen molar-refractivity contribution in [1.82, 2.24) is 10.2 Å². The van der Waals surface area contributed by atoms with Crippen molar-refractivity contribution in [3.63, 3.8) is 0 Å². The van der Waals surface area contributed by atoms with Crippen LogP contribution in [0, 0.1) is 18.8 Å². The summed E-state index contributed by atoms with van der Waals surface area (Å²) in [5, 5.41) is 14.9. The van der Waals surface area contributed by atoms with Crippen LogP contribution in [0.1, 0.15) is 49.0 Å². The van der Waals surface area contributed by atoms with Crippen LogP contribution in [0.15, 0.2) is 18.2 Å². The van der Waals surface area contributed by atoms with Crippen LogP contribution in [0.5, 0.6) is 0 Å². The molecule has 1 fully saturated rings. The fourth-order valence-electron chi connectivity index (χ4n) is 3.22. The van der Waals surface area contributed by atoms with E-state index < -0.39 is 5.97 Å². The molecule has 27 heavy (non-hydrogen) atoms. The molecule has 1 heterocycles. The Bertz CT molecular complexity index is 702. The highest BCUT2D eigenvalue weighted by atomic mass is 16.4. The van der Waals surface area contributed by atoms with Gasteiger partial charge in [0.1, 0.15) is 0 Å². The molecule has 1 aromatic carbocycles. The SMILES string of the molecule is Cc1ccc(NC(=O)CC2CCCN(C(=O)NCC(C)C)C2)cc1C(=O)O. The van der Waals surface area contributed by atoms with Gasteiger partial charge in [-0.25, -0.2) is 9.59 Å². The first-order valence-corrected chi connectivity index (χ1v) is 9.42. The Morgan fingerprint density at radius 3 is 2.70 bits per heavy atom. The molecule has 1 aromatic rings. The van der Waals surface area contributed by atoms with Crippen molar-refractivity contribution in [3.05, 3.63) is 29.3 Å². The molecular formula is C20H29N3O4. The number of rotatable bonds is 6. The molecule has 0 spiro atoms. The highest BCUT2D eigenvalue weighted by molar-refractivity contribution is 5.94. The lowest BCUT2D eigenvalue weighted by molar-refractivity contribution is -0.117. The van der Waals surface area contributed by atoms with Crippen LogP contribution in [0.2, 0.25) is 0 Å². The number of carbonyl (C=O) groups is 3. The Balaban J connectivity index is 1.89. The van der Waals surface area contributed by atoms with Crippen LogP contribution in [0.25, 0.3) is 0 Å². The smallest absolute Gasteiger partial charge is 0.336 e. The summed E-state index contributed by atoms with van der Waals surface area (Å²) in [6, 6.07) is 4.79. The molecule has 148 valence electrons. The number of carboxylic acid groups (broad SMARTS) is 1. The largest absolute Gasteiger partial charge is 0.478 e. The number of urea groups is 1. The van der Waals surface area contributed by atoms with E-state index in [9.17, 15) is 19.5 Å². The Hall–Kier alpha value is -2.57. The van der Waals surface area contributed by atoms with Crippen molar-refractivity contribution >= 4 is 23.6 Å². The molecule has 1 saturated heterocycles. The van der Waals surface area contributed by atoms with Gasteiger partial charge in [0.05, 0.1) is 5.56 Å². The van der Waals surface area contributed by atoms with E-state index in [2.05, 4.69) is 10.6 Å². The van der Waals surface area contributed by atoms with Gasteiger partial charge >= 0.3 is 12.0 Å². The summed E-state index contributed by atoms with van der Waals surface area (Å²) in [6.07, 6.45) is 2.08. The van der Waals surface area contributed by atoms with Crippen molar-refractivity contribution < 1.29 is 19.5 Å². The summed E-state index contributed by atoms with van der Waals surface area (Å²) >= 11 is 0. The van der Waals surface area contributed by atoms with Gasteiger partial charge in [-0.15, -0.1) is 0 Å². The fourth-order valence-corrected chi connectivity index (χ4v) is 3.22. The Morgan fingerprint density at radius 1 is 1.30 bits per heavy atom. The van der Waals surface area contributed by atoms with Crippen molar-refractivity contribution in [3.8, 4) is 0 Å². The van der Waals surface area contributed by atoms with Crippen LogP contribution in [-0.4, -0.2) is 47.5 Å². The van der Waals surface area contributed by atoms with E-state index in [1.54, 1.807) is 24.0 Å². The molecule has 3 N–H and O–H groups in total. The van der Waals surface area contributed by atoms with Crippen molar-refractivity contribution in [1.29, 1.82) is 0 Å². The number of carboxylic acids is 1. The molecule has 2 rings (SSSR count). The van der Waals surface area contributed by atoms with Crippen LogP contribution in [-0.2, 0) is 4.79 Å². The molecule has 7 nitrogen and oxygen atoms in total. The average Bonchev–Trinajstić information content (AvgIpc) is 2.61. The quantitative estimate of drug-likeness (QED) is 0.711. The normalized spacial score (nSPS) is 16.9. The fraction of sp³-hybridized carbons (Fsp3) is 0.550. The predicted molar refractivity (Wildman–Crippen MR) is 104 cm³/mol. The van der Waals surface area contributed by atoms with Crippen molar-refractivity contribution in [2.45, 2.75) is 40.0 Å². The minimum Gasteiger partial charge on any atom is -0.478 e. The number of hydrogen-bond donors (Lipinski definition) is 3. The second kappa shape index (κ2) is 9.39. The summed E-state index contributed by atoms with van der Waals surface area (Å²) in [6.45, 7) is 7.72. The molecule has 0 bridgehead atoms. The number of likely N-dealkylation sites (tertiary alicyclic amines) is 1. The van der Waals surface area contributed by atoms with Gasteiger partial charge in [0, 0.05) is 31.7 Å². The molecule has 7 heteroatoms. The molecular weight excluding hydrogens is 346 g/mol. The monoisotopic (exact) mass is 375 g/mol. The second-order valence-corrected chi connectivity index (χ2v) is 7.62. The summed E-state index contributed by atoms with van der Waals surface area (Å²) in [7, 11) is 0. The predicted octanol–water partition coefficient (Wildman–Crippen LogP) is 3.10. The standard InChI is InChI=1S/C20H29N3O4/c1-13(2)11-21-20(27)23-8-4-5-15(12-23)9-18(24)22-16-7-6-14(3)17(10-16)19(25)26/h6-7,10,13,15H,4-5,8-9,11-12H2,1-3H3,(H,21,27)(H,22,24)(H,25,26). The first kappa shape index (κ1) is 20.7. The van der Waals surface area contributed by atoms with Crippen LogP contribution in [0.3, 0.4) is 0 Å². The molecule has 0 saturated carbocycles. The van der Waals surface area contributed by atoms with Gasteiger partial charge in [-0.1, -0.05) is 19.9 Å². The van der Waals surface area contributed by atoms with Crippen LogP contribution in [0.4, 0.5) is 10.5 Å². The molecule has 0 aliphatic carbocycles. The van der Waals surface area contributed by atoms with E-state index in [1.165, 1.54) is 6.07 Å². The van der Waals surface area contributed by atoms with E-state index in [4.69, 9.17) is 0 Å². The number of piperidine rings is 1. The lowest BCUT2D eigenvalue weighted by Crippen LogP contribution is -2.46. The molecule has 1 aliphatic rings. The molecule has 0 radical (unpaired) electrons. The molecule has 1 aliphatic heterocycles. The Labute approximate surface area is 160 Å². The van der Waals surface area contributed by atoms with Crippen molar-refractivity contribution in [2.24, 2.45) is 11.8 Å². The number of carbonyl (C=O) groups excluding carboxylic acids is 2. The molecule has 0 aromatic heterocycles. The third-order valence-electron chi connectivity index (χ3n) is 4.69. The van der Waals surface area contributed by atoms with E-state index in [-0.39, 0.29) is 23.4 Å². The number of amides is 3. The summed E-state index contributed by atoms with van der Waals surface area (Å²) in [5.41, 5.74) is 1.31. The van der Waals surface area contributed by atoms with Crippen LogP contribution < -0.4 is 10.6 Å². The summed E-state index contributed by atoms with van der Waals surface area (Å²) < 4.78 is 0. The lowest BCUT2D eigenvalue weighted by atomic mass is 9.94. The second-order valence-electron chi connectivity index (χ2n) is 7.62. The van der Waals surface area contributed by atoms with E-state index in [0.717, 1.165) is 12.8 Å². The maximum absolute atomic E-state index is 12.4. The minimum atomic E-state index is -1.01. The number of aromatic carboxylic acids is 1. The van der Waals surface area contributed by atoms with Gasteiger partial charge in [-0.05, 0) is 49.3 Å². The van der Waals surface area contributed by atoms with Gasteiger partial charge in [0.25, 0.3) is 0 Å². The van der Waals surface area contributed by atoms with Gasteiger partial charge in [0.15, 0.2) is 0 Å². The van der Waals surface area contributed by atoms with Gasteiger partial charge in [-0.2, -0.15) is 0 Å². The Morgan fingerprint density at radius 2 is 2.04 bits per heavy atom. The average molecular weight is 375 g/mol. The number of nitrogens with zero attached hydrogens (tertiary/aromatic N) is 1. The van der Waals surface area contributed by atoms with Crippen LogP contribution >= 0.6 is 0 Å². The van der Waals surface area contributed by atoms with Gasteiger partial charge in [0.2, 0.25) is 5.91 Å². The first-order valence-electron chi connectivity index (χ1n) is 9.42.